The average molecular weight is 328 g/mol. The number of aromatic nitrogens is 2. The highest BCUT2D eigenvalue weighted by Crippen LogP contribution is 2.21. The molecule has 0 saturated carbocycles. The molecule has 1 N–H and O–H groups in total. The number of nitrogens with one attached hydrogen (secondary N) is 1. The van der Waals surface area contributed by atoms with Crippen LogP contribution in [0.2, 0.25) is 10.0 Å². The van der Waals surface area contributed by atoms with Crippen LogP contribution in [0.1, 0.15) is 36.1 Å². The summed E-state index contributed by atoms with van der Waals surface area (Å²) in [6, 6.07) is 3.95. The standard InChI is InChI=1S/C14H12Cl2FN3O/c1-7(2)13-18-6-9(16)12(20-13)14(21)19-11-4-3-8(15)5-10(11)17/h3-7H,1-2H3,(H,19,21). The molecule has 1 aromatic heterocycles. The van der Waals surface area contributed by atoms with Gasteiger partial charge in [0.25, 0.3) is 5.91 Å². The Bertz CT molecular complexity index is 692. The van der Waals surface area contributed by atoms with Gasteiger partial charge in [-0.25, -0.2) is 14.4 Å². The molecule has 0 aliphatic rings. The van der Waals surface area contributed by atoms with Crippen LogP contribution in [-0.4, -0.2) is 15.9 Å². The Morgan fingerprint density at radius 2 is 2.05 bits per heavy atom. The normalized spacial score (nSPS) is 10.8. The van der Waals surface area contributed by atoms with E-state index in [1.165, 1.54) is 18.3 Å². The molecule has 1 amide bonds. The Balaban J connectivity index is 2.30. The number of carbonyl (C=O) groups is 1. The lowest BCUT2D eigenvalue weighted by Gasteiger charge is -2.09. The second-order valence-electron chi connectivity index (χ2n) is 4.66. The summed E-state index contributed by atoms with van der Waals surface area (Å²) >= 11 is 11.6. The minimum Gasteiger partial charge on any atom is -0.318 e. The number of rotatable bonds is 3. The maximum atomic E-state index is 13.7. The van der Waals surface area contributed by atoms with E-state index in [0.29, 0.717) is 5.82 Å². The van der Waals surface area contributed by atoms with Gasteiger partial charge in [0.1, 0.15) is 11.6 Å². The summed E-state index contributed by atoms with van der Waals surface area (Å²) in [5.74, 6) is -0.710. The van der Waals surface area contributed by atoms with Crippen LogP contribution in [0.5, 0.6) is 0 Å². The lowest BCUT2D eigenvalue weighted by Crippen LogP contribution is -2.17. The molecule has 7 heteroatoms. The van der Waals surface area contributed by atoms with Crippen molar-refractivity contribution in [1.82, 2.24) is 9.97 Å². The molecule has 1 aromatic carbocycles. The van der Waals surface area contributed by atoms with Gasteiger partial charge in [-0.1, -0.05) is 37.0 Å². The number of halogens is 3. The largest absolute Gasteiger partial charge is 0.318 e. The maximum Gasteiger partial charge on any atom is 0.276 e. The molecule has 0 unspecified atom stereocenters. The number of anilines is 1. The molecule has 0 radical (unpaired) electrons. The molecule has 1 heterocycles. The van der Waals surface area contributed by atoms with Gasteiger partial charge in [-0.3, -0.25) is 4.79 Å². The highest BCUT2D eigenvalue weighted by molar-refractivity contribution is 6.34. The number of hydrogen-bond acceptors (Lipinski definition) is 3. The van der Waals surface area contributed by atoms with Crippen molar-refractivity contribution in [2.75, 3.05) is 5.32 Å². The molecule has 0 atom stereocenters. The summed E-state index contributed by atoms with van der Waals surface area (Å²) in [5.41, 5.74) is 0.00916. The lowest BCUT2D eigenvalue weighted by atomic mass is 10.2. The third-order valence-electron chi connectivity index (χ3n) is 2.67. The van der Waals surface area contributed by atoms with Gasteiger partial charge in [-0.05, 0) is 18.2 Å². The molecule has 0 bridgehead atoms. The van der Waals surface area contributed by atoms with Crippen molar-refractivity contribution in [3.05, 3.63) is 51.8 Å². The van der Waals surface area contributed by atoms with Crippen molar-refractivity contribution < 1.29 is 9.18 Å². The van der Waals surface area contributed by atoms with Gasteiger partial charge in [0.15, 0.2) is 5.69 Å². The van der Waals surface area contributed by atoms with Gasteiger partial charge in [0.05, 0.1) is 16.9 Å². The third-order valence-corrected chi connectivity index (χ3v) is 3.19. The summed E-state index contributed by atoms with van der Waals surface area (Å²) in [5, 5.41) is 2.76. The molecule has 2 rings (SSSR count). The second kappa shape index (κ2) is 6.37. The fraction of sp³-hybridized carbons (Fsp3) is 0.214. The highest BCUT2D eigenvalue weighted by atomic mass is 35.5. The quantitative estimate of drug-likeness (QED) is 0.914. The lowest BCUT2D eigenvalue weighted by molar-refractivity contribution is 0.102. The predicted molar refractivity (Wildman–Crippen MR) is 80.5 cm³/mol. The summed E-state index contributed by atoms with van der Waals surface area (Å²) in [7, 11) is 0. The average Bonchev–Trinajstić information content (AvgIpc) is 2.42. The molecule has 110 valence electrons. The SMILES string of the molecule is CC(C)c1ncc(Cl)c(C(=O)Nc2ccc(Cl)cc2F)n1. The van der Waals surface area contributed by atoms with Crippen LogP contribution in [-0.2, 0) is 0 Å². The minimum atomic E-state index is -0.634. The van der Waals surface area contributed by atoms with Gasteiger partial charge < -0.3 is 5.32 Å². The van der Waals surface area contributed by atoms with E-state index in [0.717, 1.165) is 6.07 Å². The number of amides is 1. The molecule has 2 aromatic rings. The van der Waals surface area contributed by atoms with E-state index < -0.39 is 11.7 Å². The van der Waals surface area contributed by atoms with Crippen LogP contribution in [0.3, 0.4) is 0 Å². The Kier molecular flexibility index (Phi) is 4.75. The highest BCUT2D eigenvalue weighted by Gasteiger charge is 2.17. The first kappa shape index (κ1) is 15.7. The first-order chi connectivity index (χ1) is 9.88. The zero-order chi connectivity index (χ0) is 15.6. The molecule has 4 nitrogen and oxygen atoms in total. The summed E-state index contributed by atoms with van der Waals surface area (Å²) < 4.78 is 13.7. The van der Waals surface area contributed by atoms with Crippen molar-refractivity contribution in [3.63, 3.8) is 0 Å². The van der Waals surface area contributed by atoms with E-state index in [9.17, 15) is 9.18 Å². The van der Waals surface area contributed by atoms with E-state index in [1.807, 2.05) is 13.8 Å². The summed E-state index contributed by atoms with van der Waals surface area (Å²) in [6.45, 7) is 3.79. The van der Waals surface area contributed by atoms with Crippen molar-refractivity contribution in [1.29, 1.82) is 0 Å². The number of benzene rings is 1. The fourth-order valence-electron chi connectivity index (χ4n) is 1.59. The fourth-order valence-corrected chi connectivity index (χ4v) is 1.93. The van der Waals surface area contributed by atoms with Crippen LogP contribution < -0.4 is 5.32 Å². The molecular weight excluding hydrogens is 316 g/mol. The first-order valence-corrected chi connectivity index (χ1v) is 6.93. The Morgan fingerprint density at radius 3 is 2.67 bits per heavy atom. The van der Waals surface area contributed by atoms with E-state index in [-0.39, 0.29) is 27.3 Å². The molecule has 0 spiro atoms. The molecule has 0 aliphatic carbocycles. The zero-order valence-corrected chi connectivity index (χ0v) is 12.8. The molecule has 0 fully saturated rings. The van der Waals surface area contributed by atoms with Crippen molar-refractivity contribution in [2.45, 2.75) is 19.8 Å². The van der Waals surface area contributed by atoms with Crippen LogP contribution in [0, 0.1) is 5.82 Å². The van der Waals surface area contributed by atoms with Crippen LogP contribution in [0.4, 0.5) is 10.1 Å². The van der Waals surface area contributed by atoms with Crippen LogP contribution >= 0.6 is 23.2 Å². The van der Waals surface area contributed by atoms with Gasteiger partial charge in [-0.15, -0.1) is 0 Å². The minimum absolute atomic E-state index is 0.00437. The summed E-state index contributed by atoms with van der Waals surface area (Å²) in [6.07, 6.45) is 1.36. The smallest absolute Gasteiger partial charge is 0.276 e. The van der Waals surface area contributed by atoms with Crippen LogP contribution in [0.25, 0.3) is 0 Å². The molecule has 0 aliphatic heterocycles. The molecule has 0 saturated heterocycles. The van der Waals surface area contributed by atoms with Crippen molar-refractivity contribution >= 4 is 34.8 Å². The van der Waals surface area contributed by atoms with E-state index in [2.05, 4.69) is 15.3 Å². The van der Waals surface area contributed by atoms with E-state index >= 15 is 0 Å². The second-order valence-corrected chi connectivity index (χ2v) is 5.50. The maximum absolute atomic E-state index is 13.7. The van der Waals surface area contributed by atoms with Gasteiger partial charge in [0.2, 0.25) is 0 Å². The van der Waals surface area contributed by atoms with Crippen LogP contribution in [0.15, 0.2) is 24.4 Å². The monoisotopic (exact) mass is 327 g/mol. The molecular formula is C14H12Cl2FN3O. The summed E-state index contributed by atoms with van der Waals surface area (Å²) in [4.78, 5) is 20.3. The molecule has 21 heavy (non-hydrogen) atoms. The van der Waals surface area contributed by atoms with E-state index in [4.69, 9.17) is 23.2 Å². The van der Waals surface area contributed by atoms with Crippen molar-refractivity contribution in [2.24, 2.45) is 0 Å². The Hall–Kier alpha value is -1.72. The van der Waals surface area contributed by atoms with Crippen molar-refractivity contribution in [3.8, 4) is 0 Å². The topological polar surface area (TPSA) is 54.9 Å². The van der Waals surface area contributed by atoms with E-state index in [1.54, 1.807) is 0 Å². The number of hydrogen-bond donors (Lipinski definition) is 1. The Labute approximate surface area is 131 Å². The van der Waals surface area contributed by atoms with Gasteiger partial charge in [-0.2, -0.15) is 0 Å². The Morgan fingerprint density at radius 1 is 1.33 bits per heavy atom. The predicted octanol–water partition coefficient (Wildman–Crippen LogP) is 4.30. The van der Waals surface area contributed by atoms with Gasteiger partial charge in [0, 0.05) is 10.9 Å². The van der Waals surface area contributed by atoms with Gasteiger partial charge >= 0.3 is 0 Å². The third kappa shape index (κ3) is 3.68. The number of nitrogens with zero attached hydrogens (tertiary/aromatic N) is 2. The first-order valence-electron chi connectivity index (χ1n) is 6.17. The zero-order valence-electron chi connectivity index (χ0n) is 11.3. The number of carbonyl (C=O) groups excluding carboxylic acids is 1.